The van der Waals surface area contributed by atoms with E-state index in [9.17, 15) is 9.59 Å². The maximum absolute atomic E-state index is 13.2. The molecule has 2 amide bonds. The SMILES string of the molecule is CC(=O)Nc1ccc(-c2cc(C(=O)NCCC3=CCCCC3)c3cc(C)ccc3n2)cc1. The van der Waals surface area contributed by atoms with Crippen molar-refractivity contribution in [2.24, 2.45) is 0 Å². The summed E-state index contributed by atoms with van der Waals surface area (Å²) in [6, 6.07) is 15.4. The van der Waals surface area contributed by atoms with Crippen molar-refractivity contribution in [1.82, 2.24) is 10.3 Å². The van der Waals surface area contributed by atoms with Gasteiger partial charge < -0.3 is 10.6 Å². The molecule has 1 heterocycles. The van der Waals surface area contributed by atoms with Gasteiger partial charge in [0.2, 0.25) is 5.91 Å². The molecule has 2 aromatic carbocycles. The van der Waals surface area contributed by atoms with Crippen LogP contribution in [-0.4, -0.2) is 23.3 Å². The van der Waals surface area contributed by atoms with Gasteiger partial charge in [-0.25, -0.2) is 4.98 Å². The quantitative estimate of drug-likeness (QED) is 0.489. The number of nitrogens with one attached hydrogen (secondary N) is 2. The molecule has 0 spiro atoms. The number of fused-ring (bicyclic) bond motifs is 1. The van der Waals surface area contributed by atoms with E-state index in [1.807, 2.05) is 55.5 Å². The van der Waals surface area contributed by atoms with Crippen molar-refractivity contribution >= 4 is 28.4 Å². The van der Waals surface area contributed by atoms with Gasteiger partial charge in [0.05, 0.1) is 16.8 Å². The average Bonchev–Trinajstić information content (AvgIpc) is 2.79. The van der Waals surface area contributed by atoms with E-state index in [1.165, 1.54) is 25.3 Å². The zero-order valence-corrected chi connectivity index (χ0v) is 18.7. The van der Waals surface area contributed by atoms with E-state index in [0.717, 1.165) is 52.7 Å². The number of carbonyl (C=O) groups excluding carboxylic acids is 2. The molecule has 1 aromatic heterocycles. The molecule has 0 saturated carbocycles. The van der Waals surface area contributed by atoms with Crippen LogP contribution in [0.1, 0.15) is 54.9 Å². The van der Waals surface area contributed by atoms with Gasteiger partial charge in [-0.15, -0.1) is 0 Å². The topological polar surface area (TPSA) is 71.1 Å². The third kappa shape index (κ3) is 5.22. The number of aromatic nitrogens is 1. The smallest absolute Gasteiger partial charge is 0.252 e. The van der Waals surface area contributed by atoms with E-state index in [2.05, 4.69) is 16.7 Å². The number of pyridine rings is 1. The fourth-order valence-corrected chi connectivity index (χ4v) is 4.17. The Labute approximate surface area is 188 Å². The lowest BCUT2D eigenvalue weighted by Crippen LogP contribution is -2.25. The Kier molecular flexibility index (Phi) is 6.64. The summed E-state index contributed by atoms with van der Waals surface area (Å²) < 4.78 is 0. The molecule has 5 nitrogen and oxygen atoms in total. The molecule has 0 bridgehead atoms. The van der Waals surface area contributed by atoms with Gasteiger partial charge in [0.15, 0.2) is 0 Å². The Morgan fingerprint density at radius 1 is 1.03 bits per heavy atom. The number of amides is 2. The van der Waals surface area contributed by atoms with E-state index in [4.69, 9.17) is 4.98 Å². The lowest BCUT2D eigenvalue weighted by atomic mass is 9.97. The number of anilines is 1. The molecule has 164 valence electrons. The molecule has 0 atom stereocenters. The van der Waals surface area contributed by atoms with Crippen molar-refractivity contribution in [2.45, 2.75) is 46.0 Å². The van der Waals surface area contributed by atoms with Crippen molar-refractivity contribution < 1.29 is 9.59 Å². The number of rotatable bonds is 6. The second-order valence-corrected chi connectivity index (χ2v) is 8.45. The molecule has 4 rings (SSSR count). The van der Waals surface area contributed by atoms with E-state index in [-0.39, 0.29) is 11.8 Å². The zero-order chi connectivity index (χ0) is 22.5. The highest BCUT2D eigenvalue weighted by Gasteiger charge is 2.15. The number of nitrogens with zero attached hydrogens (tertiary/aromatic N) is 1. The number of aryl methyl sites for hydroxylation is 1. The summed E-state index contributed by atoms with van der Waals surface area (Å²) in [6.07, 6.45) is 8.05. The van der Waals surface area contributed by atoms with Crippen molar-refractivity contribution in [3.63, 3.8) is 0 Å². The Balaban J connectivity index is 1.61. The highest BCUT2D eigenvalue weighted by molar-refractivity contribution is 6.07. The van der Waals surface area contributed by atoms with Crippen LogP contribution in [0.5, 0.6) is 0 Å². The number of allylic oxidation sites excluding steroid dienone is 1. The molecule has 32 heavy (non-hydrogen) atoms. The maximum Gasteiger partial charge on any atom is 0.252 e. The molecule has 1 aliphatic rings. The van der Waals surface area contributed by atoms with Crippen LogP contribution in [-0.2, 0) is 4.79 Å². The molecule has 0 saturated heterocycles. The van der Waals surface area contributed by atoms with Crippen LogP contribution in [0, 0.1) is 6.92 Å². The zero-order valence-electron chi connectivity index (χ0n) is 18.7. The predicted octanol–water partition coefficient (Wildman–Crippen LogP) is 5.79. The van der Waals surface area contributed by atoms with Crippen LogP contribution >= 0.6 is 0 Å². The molecule has 1 aliphatic carbocycles. The average molecular weight is 428 g/mol. The van der Waals surface area contributed by atoms with Gasteiger partial charge in [0.1, 0.15) is 0 Å². The Hall–Kier alpha value is -3.47. The van der Waals surface area contributed by atoms with Crippen LogP contribution in [0.2, 0.25) is 0 Å². The maximum atomic E-state index is 13.2. The van der Waals surface area contributed by atoms with Crippen molar-refractivity contribution in [3.05, 3.63) is 71.3 Å². The van der Waals surface area contributed by atoms with Gasteiger partial charge in [-0.3, -0.25) is 9.59 Å². The van der Waals surface area contributed by atoms with Gasteiger partial charge in [-0.05, 0) is 69.4 Å². The lowest BCUT2D eigenvalue weighted by Gasteiger charge is -2.14. The van der Waals surface area contributed by atoms with Crippen molar-refractivity contribution in [1.29, 1.82) is 0 Å². The van der Waals surface area contributed by atoms with E-state index < -0.39 is 0 Å². The summed E-state index contributed by atoms with van der Waals surface area (Å²) >= 11 is 0. The van der Waals surface area contributed by atoms with Gasteiger partial charge in [-0.1, -0.05) is 35.4 Å². The fourth-order valence-electron chi connectivity index (χ4n) is 4.17. The molecular weight excluding hydrogens is 398 g/mol. The normalized spacial score (nSPS) is 13.5. The first-order chi connectivity index (χ1) is 15.5. The first-order valence-electron chi connectivity index (χ1n) is 11.2. The van der Waals surface area contributed by atoms with Crippen LogP contribution in [0.4, 0.5) is 5.69 Å². The van der Waals surface area contributed by atoms with Gasteiger partial charge in [0.25, 0.3) is 5.91 Å². The largest absolute Gasteiger partial charge is 0.352 e. The summed E-state index contributed by atoms with van der Waals surface area (Å²) in [5, 5.41) is 6.74. The minimum Gasteiger partial charge on any atom is -0.352 e. The minimum absolute atomic E-state index is 0.0736. The molecule has 0 radical (unpaired) electrons. The molecular formula is C27H29N3O2. The number of hydrogen-bond acceptors (Lipinski definition) is 3. The number of carbonyl (C=O) groups is 2. The Morgan fingerprint density at radius 3 is 2.56 bits per heavy atom. The van der Waals surface area contributed by atoms with Crippen molar-refractivity contribution in [2.75, 3.05) is 11.9 Å². The monoisotopic (exact) mass is 427 g/mol. The van der Waals surface area contributed by atoms with E-state index in [1.54, 1.807) is 0 Å². The van der Waals surface area contributed by atoms with Gasteiger partial charge >= 0.3 is 0 Å². The Morgan fingerprint density at radius 2 is 1.84 bits per heavy atom. The highest BCUT2D eigenvalue weighted by Crippen LogP contribution is 2.27. The summed E-state index contributed by atoms with van der Waals surface area (Å²) in [5.74, 6) is -0.185. The molecule has 2 N–H and O–H groups in total. The summed E-state index contributed by atoms with van der Waals surface area (Å²) in [4.78, 5) is 29.2. The summed E-state index contributed by atoms with van der Waals surface area (Å²) in [5.41, 5.74) is 6.32. The van der Waals surface area contributed by atoms with Crippen LogP contribution in [0.3, 0.4) is 0 Å². The van der Waals surface area contributed by atoms with E-state index >= 15 is 0 Å². The van der Waals surface area contributed by atoms with E-state index in [0.29, 0.717) is 12.1 Å². The number of hydrogen-bond donors (Lipinski definition) is 2. The van der Waals surface area contributed by atoms with Crippen LogP contribution in [0.15, 0.2) is 60.2 Å². The van der Waals surface area contributed by atoms with Crippen LogP contribution in [0.25, 0.3) is 22.2 Å². The first kappa shape index (κ1) is 21.8. The summed E-state index contributed by atoms with van der Waals surface area (Å²) in [7, 11) is 0. The van der Waals surface area contributed by atoms with Gasteiger partial charge in [0, 0.05) is 30.1 Å². The van der Waals surface area contributed by atoms with Gasteiger partial charge in [-0.2, -0.15) is 0 Å². The minimum atomic E-state index is -0.111. The first-order valence-corrected chi connectivity index (χ1v) is 11.2. The third-order valence-electron chi connectivity index (χ3n) is 5.83. The molecule has 0 aliphatic heterocycles. The highest BCUT2D eigenvalue weighted by atomic mass is 16.2. The second kappa shape index (κ2) is 9.77. The predicted molar refractivity (Wildman–Crippen MR) is 130 cm³/mol. The lowest BCUT2D eigenvalue weighted by molar-refractivity contribution is -0.114. The Bertz CT molecular complexity index is 1180. The molecule has 3 aromatic rings. The number of benzene rings is 2. The molecule has 5 heteroatoms. The van der Waals surface area contributed by atoms with Crippen LogP contribution < -0.4 is 10.6 Å². The van der Waals surface area contributed by atoms with Crippen molar-refractivity contribution in [3.8, 4) is 11.3 Å². The standard InChI is InChI=1S/C27H29N3O2/c1-18-8-13-25-23(16-18)24(27(32)28-15-14-20-6-4-3-5-7-20)17-26(30-25)21-9-11-22(12-10-21)29-19(2)31/h6,8-13,16-17H,3-5,7,14-15H2,1-2H3,(H,28,32)(H,29,31). The molecule has 0 unspecified atom stereocenters. The summed E-state index contributed by atoms with van der Waals surface area (Å²) in [6.45, 7) is 4.14. The third-order valence-corrected chi connectivity index (χ3v) is 5.83. The second-order valence-electron chi connectivity index (χ2n) is 8.45. The molecule has 0 fully saturated rings. The fraction of sp³-hybridized carbons (Fsp3) is 0.296.